The summed E-state index contributed by atoms with van der Waals surface area (Å²) < 4.78 is 31.1. The molecule has 0 N–H and O–H groups in total. The zero-order valence-electron chi connectivity index (χ0n) is 24.2. The van der Waals surface area contributed by atoms with E-state index in [4.69, 9.17) is 18.1 Å². The van der Waals surface area contributed by atoms with E-state index in [9.17, 15) is 0 Å². The smallest absolute Gasteiger partial charge is 0.353 e. The highest BCUT2D eigenvalue weighted by Gasteiger charge is 2.46. The van der Waals surface area contributed by atoms with Gasteiger partial charge in [0.05, 0.1) is 25.3 Å². The van der Waals surface area contributed by atoms with Gasteiger partial charge in [-0.25, -0.2) is 0 Å². The molecule has 6 nitrogen and oxygen atoms in total. The van der Waals surface area contributed by atoms with E-state index < -0.39 is 17.1 Å². The fraction of sp³-hybridized carbons (Fsp3) is 0.438. The molecule has 4 heterocycles. The number of nitrogens with zero attached hydrogens (tertiary/aromatic N) is 2. The molecular weight excluding hydrogens is 538 g/mol. The fourth-order valence-electron chi connectivity index (χ4n) is 6.21. The van der Waals surface area contributed by atoms with Crippen molar-refractivity contribution in [2.75, 3.05) is 22.6 Å². The van der Waals surface area contributed by atoms with E-state index in [1.165, 1.54) is 22.5 Å². The Morgan fingerprint density at radius 3 is 1.50 bits per heavy atom. The van der Waals surface area contributed by atoms with Gasteiger partial charge in [0.15, 0.2) is 0 Å². The molecule has 40 heavy (non-hydrogen) atoms. The van der Waals surface area contributed by atoms with Crippen molar-refractivity contribution in [3.05, 3.63) is 82.9 Å². The van der Waals surface area contributed by atoms with Gasteiger partial charge in [-0.3, -0.25) is 9.34 Å². The first kappa shape index (κ1) is 26.5. The highest BCUT2D eigenvalue weighted by Crippen LogP contribution is 2.60. The molecule has 210 valence electrons. The minimum absolute atomic E-state index is 0.126. The van der Waals surface area contributed by atoms with Crippen molar-refractivity contribution in [3.63, 3.8) is 0 Å². The fourth-order valence-corrected chi connectivity index (χ4v) is 9.55. The van der Waals surface area contributed by atoms with E-state index in [1.807, 2.05) is 0 Å². The average Bonchev–Trinajstić information content (AvgIpc) is 3.64. The van der Waals surface area contributed by atoms with Crippen molar-refractivity contribution >= 4 is 28.4 Å². The van der Waals surface area contributed by atoms with Gasteiger partial charge >= 0.3 is 17.1 Å². The number of rotatable bonds is 4. The van der Waals surface area contributed by atoms with Crippen molar-refractivity contribution in [2.24, 2.45) is 0 Å². The molecule has 3 aromatic rings. The largest absolute Gasteiger partial charge is 0.431 e. The Labute approximate surface area is 240 Å². The second-order valence-corrected chi connectivity index (χ2v) is 16.0. The summed E-state index contributed by atoms with van der Waals surface area (Å²) >= 11 is 0. The van der Waals surface area contributed by atoms with Gasteiger partial charge in [0.2, 0.25) is 0 Å². The number of hydrogen-bond donors (Lipinski definition) is 0. The van der Waals surface area contributed by atoms with Crippen LogP contribution in [0, 0.1) is 0 Å². The van der Waals surface area contributed by atoms with Crippen LogP contribution in [0.25, 0.3) is 0 Å². The van der Waals surface area contributed by atoms with Crippen LogP contribution in [0.5, 0.6) is 11.5 Å². The van der Waals surface area contributed by atoms with E-state index >= 15 is 0 Å². The Bertz CT molecular complexity index is 1340. The van der Waals surface area contributed by atoms with Crippen LogP contribution in [0.3, 0.4) is 0 Å². The number of para-hydroxylation sites is 2. The lowest BCUT2D eigenvalue weighted by Gasteiger charge is -2.32. The molecule has 0 bridgehead atoms. The molecule has 4 atom stereocenters. The lowest BCUT2D eigenvalue weighted by Crippen LogP contribution is -2.24. The van der Waals surface area contributed by atoms with Gasteiger partial charge < -0.3 is 18.1 Å². The van der Waals surface area contributed by atoms with Gasteiger partial charge in [-0.1, -0.05) is 77.9 Å². The minimum atomic E-state index is -1.28. The first-order valence-corrected chi connectivity index (χ1v) is 16.5. The van der Waals surface area contributed by atoms with Crippen molar-refractivity contribution in [1.82, 2.24) is 0 Å². The molecule has 2 unspecified atom stereocenters. The van der Waals surface area contributed by atoms with Gasteiger partial charge in [0, 0.05) is 28.6 Å². The normalized spacial score (nSPS) is 25.1. The number of benzene rings is 3. The Hall–Kier alpha value is -2.36. The van der Waals surface area contributed by atoms with Gasteiger partial charge in [-0.2, -0.15) is 0 Å². The zero-order chi connectivity index (χ0) is 27.8. The molecule has 8 heteroatoms. The van der Waals surface area contributed by atoms with Crippen LogP contribution in [-0.2, 0) is 32.7 Å². The van der Waals surface area contributed by atoms with Crippen LogP contribution >= 0.6 is 17.1 Å². The summed E-state index contributed by atoms with van der Waals surface area (Å²) in [7, 11) is -2.56. The van der Waals surface area contributed by atoms with Gasteiger partial charge in [-0.15, -0.1) is 0 Å². The van der Waals surface area contributed by atoms with Crippen LogP contribution in [0.1, 0.15) is 63.8 Å². The summed E-state index contributed by atoms with van der Waals surface area (Å²) in [5.41, 5.74) is 7.29. The standard InChI is InChI=1S/C32H38N2O4P2/c1-31(2,3)25-17-26(32(4,5)6)30(38-40-34-24(20-36-40)16-22-12-8-10-14-28(22)34)18-29(25)37-39-33-23(19-35-39)15-21-11-7-9-13-27(21)33/h7-14,17-18,23-24H,15-16,19-20H2,1-6H3/t23-,24-,39?,40?/m1/s1. The molecule has 2 fully saturated rings. The van der Waals surface area contributed by atoms with Crippen molar-refractivity contribution in [3.8, 4) is 11.5 Å². The van der Waals surface area contributed by atoms with Crippen LogP contribution in [-0.4, -0.2) is 25.3 Å². The first-order valence-electron chi connectivity index (χ1n) is 14.2. The summed E-state index contributed by atoms with van der Waals surface area (Å²) in [6.45, 7) is 14.8. The monoisotopic (exact) mass is 576 g/mol. The highest BCUT2D eigenvalue weighted by molar-refractivity contribution is 7.50. The maximum absolute atomic E-state index is 6.86. The van der Waals surface area contributed by atoms with Crippen LogP contribution in [0.15, 0.2) is 60.7 Å². The third-order valence-corrected chi connectivity index (χ3v) is 11.5. The molecule has 0 aromatic heterocycles. The molecule has 7 rings (SSSR count). The summed E-state index contributed by atoms with van der Waals surface area (Å²) in [5, 5.41) is 0. The lowest BCUT2D eigenvalue weighted by atomic mass is 9.80. The number of anilines is 2. The molecule has 0 aliphatic carbocycles. The Kier molecular flexibility index (Phi) is 6.37. The summed E-state index contributed by atoms with van der Waals surface area (Å²) in [4.78, 5) is 0. The van der Waals surface area contributed by atoms with Crippen LogP contribution < -0.4 is 18.4 Å². The van der Waals surface area contributed by atoms with Gasteiger partial charge in [0.1, 0.15) is 11.5 Å². The topological polar surface area (TPSA) is 43.4 Å². The van der Waals surface area contributed by atoms with Crippen molar-refractivity contribution in [2.45, 2.75) is 77.3 Å². The van der Waals surface area contributed by atoms with E-state index in [0.717, 1.165) is 35.5 Å². The molecule has 0 amide bonds. The zero-order valence-corrected chi connectivity index (χ0v) is 26.0. The lowest BCUT2D eigenvalue weighted by molar-refractivity contribution is 0.330. The van der Waals surface area contributed by atoms with Gasteiger partial charge in [-0.05, 0) is 53.0 Å². The summed E-state index contributed by atoms with van der Waals surface area (Å²) in [6.07, 6.45) is 2.00. The molecule has 2 saturated heterocycles. The maximum atomic E-state index is 6.86. The Morgan fingerprint density at radius 1 is 0.650 bits per heavy atom. The second-order valence-electron chi connectivity index (χ2n) is 13.3. The maximum Gasteiger partial charge on any atom is 0.353 e. The molecule has 4 aliphatic rings. The number of hydrogen-bond acceptors (Lipinski definition) is 6. The van der Waals surface area contributed by atoms with Gasteiger partial charge in [0.25, 0.3) is 0 Å². The van der Waals surface area contributed by atoms with E-state index in [1.54, 1.807) is 0 Å². The van der Waals surface area contributed by atoms with E-state index in [-0.39, 0.29) is 10.8 Å². The summed E-state index contributed by atoms with van der Waals surface area (Å²) in [6, 6.07) is 22.3. The van der Waals surface area contributed by atoms with Crippen molar-refractivity contribution < 1.29 is 18.1 Å². The Morgan fingerprint density at radius 2 is 1.07 bits per heavy atom. The summed E-state index contributed by atoms with van der Waals surface area (Å²) in [5.74, 6) is 1.67. The van der Waals surface area contributed by atoms with Crippen LogP contribution in [0.2, 0.25) is 0 Å². The number of fused-ring (bicyclic) bond motifs is 6. The molecule has 0 spiro atoms. The highest BCUT2D eigenvalue weighted by atomic mass is 31.2. The predicted molar refractivity (Wildman–Crippen MR) is 164 cm³/mol. The second kappa shape index (κ2) is 9.60. The quantitative estimate of drug-likeness (QED) is 0.291. The van der Waals surface area contributed by atoms with E-state index in [2.05, 4.69) is 112 Å². The molecular formula is C32H38N2O4P2. The SMILES string of the molecule is CC(C)(C)c1cc(C(C)(C)C)c(OP2OC[C@H]3Cc4ccccc4N32)cc1OP1OC[C@H]2Cc3ccccc3N21. The Balaban J connectivity index is 1.26. The predicted octanol–water partition coefficient (Wildman–Crippen LogP) is 8.42. The third-order valence-electron chi connectivity index (χ3n) is 8.24. The molecule has 0 saturated carbocycles. The molecule has 4 aliphatic heterocycles. The molecule has 0 radical (unpaired) electrons. The first-order chi connectivity index (χ1) is 19.1. The van der Waals surface area contributed by atoms with E-state index in [0.29, 0.717) is 25.3 Å². The van der Waals surface area contributed by atoms with Crippen molar-refractivity contribution in [1.29, 1.82) is 0 Å². The average molecular weight is 577 g/mol. The third kappa shape index (κ3) is 4.49. The minimum Gasteiger partial charge on any atom is -0.431 e. The van der Waals surface area contributed by atoms with Crippen LogP contribution in [0.4, 0.5) is 11.4 Å². The molecule has 3 aromatic carbocycles.